The molecule has 214 valence electrons. The highest BCUT2D eigenvalue weighted by atomic mass is 35.5. The highest BCUT2D eigenvalue weighted by Gasteiger charge is 2.51. The van der Waals surface area contributed by atoms with Crippen molar-refractivity contribution in [3.05, 3.63) is 64.0 Å². The zero-order valence-corrected chi connectivity index (χ0v) is 23.4. The third-order valence-electron chi connectivity index (χ3n) is 6.73. The smallest absolute Gasteiger partial charge is 0.391 e. The number of aliphatic hydroxyl groups is 1. The molecule has 3 aromatic heterocycles. The van der Waals surface area contributed by atoms with Crippen LogP contribution >= 0.6 is 22.9 Å². The summed E-state index contributed by atoms with van der Waals surface area (Å²) in [5, 5.41) is 24.2. The number of aromatic nitrogens is 6. The largest absolute Gasteiger partial charge is 0.418 e. The Bertz CT molecular complexity index is 1470. The van der Waals surface area contributed by atoms with Gasteiger partial charge in [0, 0.05) is 36.5 Å². The molecule has 0 saturated carbocycles. The Morgan fingerprint density at radius 3 is 2.55 bits per heavy atom. The van der Waals surface area contributed by atoms with Gasteiger partial charge in [-0.2, -0.15) is 18.3 Å². The second-order valence-electron chi connectivity index (χ2n) is 9.34. The lowest BCUT2D eigenvalue weighted by atomic mass is 9.88. The molecule has 1 aliphatic rings. The van der Waals surface area contributed by atoms with E-state index in [0.29, 0.717) is 10.7 Å². The van der Waals surface area contributed by atoms with Crippen LogP contribution in [-0.4, -0.2) is 73.5 Å². The molecule has 15 heteroatoms. The summed E-state index contributed by atoms with van der Waals surface area (Å²) in [6.45, 7) is 3.47. The van der Waals surface area contributed by atoms with E-state index in [9.17, 15) is 18.3 Å². The lowest BCUT2D eigenvalue weighted by Gasteiger charge is -2.46. The number of thiazole rings is 1. The van der Waals surface area contributed by atoms with Gasteiger partial charge in [-0.1, -0.05) is 16.8 Å². The van der Waals surface area contributed by atoms with Crippen LogP contribution in [0.25, 0.3) is 16.4 Å². The van der Waals surface area contributed by atoms with Crippen molar-refractivity contribution in [3.63, 3.8) is 0 Å². The number of hydrogen-bond acceptors (Lipinski definition) is 9. The topological polar surface area (TPSA) is 109 Å². The van der Waals surface area contributed by atoms with Crippen molar-refractivity contribution >= 4 is 22.9 Å². The van der Waals surface area contributed by atoms with Gasteiger partial charge in [0.2, 0.25) is 0 Å². The fourth-order valence-electron chi connectivity index (χ4n) is 4.99. The number of methoxy groups -OCH3 is 2. The molecule has 6 atom stereocenters. The van der Waals surface area contributed by atoms with Crippen LogP contribution in [-0.2, 0) is 20.4 Å². The molecule has 0 radical (unpaired) electrons. The van der Waals surface area contributed by atoms with Crippen molar-refractivity contribution in [1.82, 2.24) is 29.8 Å². The second-order valence-corrected chi connectivity index (χ2v) is 11.0. The first kappa shape index (κ1) is 28.6. The minimum Gasteiger partial charge on any atom is -0.391 e. The van der Waals surface area contributed by atoms with Crippen molar-refractivity contribution in [2.45, 2.75) is 56.6 Å². The monoisotopic (exact) mass is 598 g/mol. The number of ether oxygens (including phenoxy) is 3. The van der Waals surface area contributed by atoms with Crippen molar-refractivity contribution in [2.75, 3.05) is 14.2 Å². The van der Waals surface area contributed by atoms with Gasteiger partial charge in [0.25, 0.3) is 0 Å². The fraction of sp³-hybridized carbons (Fsp3) is 0.440. The SMILES string of the molecule is COC1C(n2cc(-c3ncc(C)s3)nn2)[C@@H](OC)C(C(C)O)O[C@H]1c1ccnn1-c1cc(Cl)ccc1C(F)(F)F. The lowest BCUT2D eigenvalue weighted by Crippen LogP contribution is -2.56. The number of benzene rings is 1. The van der Waals surface area contributed by atoms with Gasteiger partial charge in [0.1, 0.15) is 41.2 Å². The zero-order chi connectivity index (χ0) is 28.8. The first-order valence-corrected chi connectivity index (χ1v) is 13.4. The third kappa shape index (κ3) is 5.27. The maximum atomic E-state index is 14.0. The van der Waals surface area contributed by atoms with Crippen LogP contribution in [0.2, 0.25) is 5.02 Å². The molecule has 4 heterocycles. The normalized spacial score (nSPS) is 24.4. The van der Waals surface area contributed by atoms with Gasteiger partial charge in [-0.15, -0.1) is 16.4 Å². The summed E-state index contributed by atoms with van der Waals surface area (Å²) in [6.07, 6.45) is -4.44. The standard InChI is InChI=1S/C25H26ClF3N6O4S/c1-12-10-30-24(40-12)16-11-34(33-32-16)19-22(37-3)20(13(2)36)39-21(23(19)38-4)17-7-8-31-35(17)18-9-14(26)5-6-15(18)25(27,28)29/h5-11,13,19-23,36H,1-4H3/t13?,19?,20?,21-,22+,23?/m0/s1. The first-order chi connectivity index (χ1) is 19.0. The van der Waals surface area contributed by atoms with Gasteiger partial charge >= 0.3 is 6.18 Å². The van der Waals surface area contributed by atoms with Gasteiger partial charge in [-0.3, -0.25) is 0 Å². The summed E-state index contributed by atoms with van der Waals surface area (Å²) >= 11 is 7.55. The highest BCUT2D eigenvalue weighted by Crippen LogP contribution is 2.43. The third-order valence-corrected chi connectivity index (χ3v) is 7.90. The van der Waals surface area contributed by atoms with E-state index in [0.717, 1.165) is 15.6 Å². The van der Waals surface area contributed by atoms with Crippen LogP contribution < -0.4 is 0 Å². The van der Waals surface area contributed by atoms with Crippen molar-refractivity contribution in [3.8, 4) is 16.4 Å². The Kier molecular flexibility index (Phi) is 8.01. The minimum absolute atomic E-state index is 0.101. The zero-order valence-electron chi connectivity index (χ0n) is 21.8. The second kappa shape index (κ2) is 11.2. The Hall–Kier alpha value is -2.88. The van der Waals surface area contributed by atoms with Crippen LogP contribution in [0.3, 0.4) is 0 Å². The number of aryl methyl sites for hydroxylation is 1. The number of hydrogen-bond donors (Lipinski definition) is 1. The van der Waals surface area contributed by atoms with Gasteiger partial charge < -0.3 is 19.3 Å². The maximum Gasteiger partial charge on any atom is 0.418 e. The molecule has 1 saturated heterocycles. The summed E-state index contributed by atoms with van der Waals surface area (Å²) < 4.78 is 62.6. The van der Waals surface area contributed by atoms with Crippen LogP contribution in [0.4, 0.5) is 13.2 Å². The van der Waals surface area contributed by atoms with E-state index in [2.05, 4.69) is 20.4 Å². The van der Waals surface area contributed by atoms with Gasteiger partial charge in [-0.05, 0) is 38.1 Å². The van der Waals surface area contributed by atoms with E-state index in [1.54, 1.807) is 24.0 Å². The van der Waals surface area contributed by atoms with Crippen LogP contribution in [0.1, 0.15) is 35.2 Å². The number of nitrogens with zero attached hydrogens (tertiary/aromatic N) is 6. The molecule has 0 amide bonds. The lowest BCUT2D eigenvalue weighted by molar-refractivity contribution is -0.235. The molecule has 5 rings (SSSR count). The van der Waals surface area contributed by atoms with Gasteiger partial charge in [0.15, 0.2) is 0 Å². The fourth-order valence-corrected chi connectivity index (χ4v) is 5.87. The molecule has 1 aliphatic heterocycles. The molecule has 0 aliphatic carbocycles. The molecule has 1 fully saturated rings. The average Bonchev–Trinajstić information content (AvgIpc) is 3.67. The summed E-state index contributed by atoms with van der Waals surface area (Å²) in [7, 11) is 2.92. The van der Waals surface area contributed by atoms with E-state index < -0.39 is 48.3 Å². The average molecular weight is 599 g/mol. The number of aliphatic hydroxyl groups excluding tert-OH is 1. The predicted molar refractivity (Wildman–Crippen MR) is 139 cm³/mol. The number of alkyl halides is 3. The van der Waals surface area contributed by atoms with Crippen LogP contribution in [0.15, 0.2) is 42.9 Å². The van der Waals surface area contributed by atoms with Crippen LogP contribution in [0.5, 0.6) is 0 Å². The Morgan fingerprint density at radius 2 is 1.93 bits per heavy atom. The van der Waals surface area contributed by atoms with Crippen molar-refractivity contribution in [2.24, 2.45) is 0 Å². The molecular weight excluding hydrogens is 573 g/mol. The molecular formula is C25H26ClF3N6O4S. The van der Waals surface area contributed by atoms with Crippen molar-refractivity contribution in [1.29, 1.82) is 0 Å². The number of rotatable bonds is 7. The summed E-state index contributed by atoms with van der Waals surface area (Å²) in [4.78, 5) is 5.36. The van der Waals surface area contributed by atoms with E-state index in [1.807, 2.05) is 6.92 Å². The van der Waals surface area contributed by atoms with E-state index >= 15 is 0 Å². The van der Waals surface area contributed by atoms with Crippen LogP contribution in [0, 0.1) is 6.92 Å². The molecule has 4 aromatic rings. The van der Waals surface area contributed by atoms with Gasteiger partial charge in [0.05, 0.1) is 29.2 Å². The summed E-state index contributed by atoms with van der Waals surface area (Å²) in [6, 6.07) is 4.08. The molecule has 40 heavy (non-hydrogen) atoms. The van der Waals surface area contributed by atoms with E-state index in [-0.39, 0.29) is 16.4 Å². The maximum absolute atomic E-state index is 14.0. The first-order valence-electron chi connectivity index (χ1n) is 12.2. The summed E-state index contributed by atoms with van der Waals surface area (Å²) in [5.41, 5.74) is -0.428. The molecule has 1 N–H and O–H groups in total. The minimum atomic E-state index is -4.67. The van der Waals surface area contributed by atoms with Crippen molar-refractivity contribution < 1.29 is 32.5 Å². The molecule has 10 nitrogen and oxygen atoms in total. The molecule has 0 bridgehead atoms. The Balaban J connectivity index is 1.62. The van der Waals surface area contributed by atoms with E-state index in [4.69, 9.17) is 25.8 Å². The molecule has 4 unspecified atom stereocenters. The van der Waals surface area contributed by atoms with Gasteiger partial charge in [-0.25, -0.2) is 14.3 Å². The predicted octanol–water partition coefficient (Wildman–Crippen LogP) is 4.66. The molecule has 1 aromatic carbocycles. The number of halogens is 4. The molecule has 0 spiro atoms. The Morgan fingerprint density at radius 1 is 1.18 bits per heavy atom. The quantitative estimate of drug-likeness (QED) is 0.327. The van der Waals surface area contributed by atoms with E-state index in [1.165, 1.54) is 50.0 Å². The summed E-state index contributed by atoms with van der Waals surface area (Å²) in [5.74, 6) is 0. The Labute approximate surface area is 236 Å². The highest BCUT2D eigenvalue weighted by molar-refractivity contribution is 7.14.